The Morgan fingerprint density at radius 2 is 1.70 bits per heavy atom. The van der Waals surface area contributed by atoms with Gasteiger partial charge in [0.25, 0.3) is 0 Å². The van der Waals surface area contributed by atoms with Crippen molar-refractivity contribution < 1.29 is 9.84 Å². The molecule has 2 atom stereocenters. The molecule has 1 saturated carbocycles. The SMILES string of the molecule is CC(Cc1ccccc1)NCCOc1ccc(C(O)C2CCCCC2)cc1. The molecule has 0 heterocycles. The minimum Gasteiger partial charge on any atom is -0.492 e. The number of hydrogen-bond acceptors (Lipinski definition) is 3. The molecule has 0 saturated heterocycles. The summed E-state index contributed by atoms with van der Waals surface area (Å²) < 4.78 is 5.84. The van der Waals surface area contributed by atoms with Gasteiger partial charge in [-0.25, -0.2) is 0 Å². The number of benzene rings is 2. The van der Waals surface area contributed by atoms with Crippen molar-refractivity contribution in [2.24, 2.45) is 5.92 Å². The zero-order valence-electron chi connectivity index (χ0n) is 16.4. The minimum atomic E-state index is -0.333. The van der Waals surface area contributed by atoms with Crippen LogP contribution in [-0.2, 0) is 6.42 Å². The van der Waals surface area contributed by atoms with E-state index in [-0.39, 0.29) is 6.10 Å². The quantitative estimate of drug-likeness (QED) is 0.620. The normalized spacial score (nSPS) is 17.4. The molecule has 0 spiro atoms. The van der Waals surface area contributed by atoms with Gasteiger partial charge in [0.15, 0.2) is 0 Å². The minimum absolute atomic E-state index is 0.333. The topological polar surface area (TPSA) is 41.5 Å². The number of nitrogens with one attached hydrogen (secondary N) is 1. The summed E-state index contributed by atoms with van der Waals surface area (Å²) >= 11 is 0. The van der Waals surface area contributed by atoms with Crippen molar-refractivity contribution in [3.8, 4) is 5.75 Å². The van der Waals surface area contributed by atoms with Gasteiger partial charge in [0.05, 0.1) is 6.10 Å². The van der Waals surface area contributed by atoms with Crippen molar-refractivity contribution in [1.82, 2.24) is 5.32 Å². The van der Waals surface area contributed by atoms with Crippen LogP contribution in [0.5, 0.6) is 5.75 Å². The van der Waals surface area contributed by atoms with Crippen LogP contribution < -0.4 is 10.1 Å². The van der Waals surface area contributed by atoms with E-state index in [0.29, 0.717) is 18.6 Å². The summed E-state index contributed by atoms with van der Waals surface area (Å²) in [5.74, 6) is 1.29. The zero-order chi connectivity index (χ0) is 18.9. The summed E-state index contributed by atoms with van der Waals surface area (Å²) in [7, 11) is 0. The van der Waals surface area contributed by atoms with Gasteiger partial charge in [-0.05, 0) is 55.4 Å². The van der Waals surface area contributed by atoms with E-state index in [9.17, 15) is 5.11 Å². The molecule has 2 aromatic rings. The van der Waals surface area contributed by atoms with E-state index in [2.05, 4.69) is 42.6 Å². The molecule has 3 heteroatoms. The molecule has 0 aromatic heterocycles. The maximum atomic E-state index is 10.6. The molecule has 3 nitrogen and oxygen atoms in total. The third-order valence-electron chi connectivity index (χ3n) is 5.57. The summed E-state index contributed by atoms with van der Waals surface area (Å²) in [6.07, 6.45) is 6.79. The second-order valence-corrected chi connectivity index (χ2v) is 7.81. The van der Waals surface area contributed by atoms with Crippen LogP contribution >= 0.6 is 0 Å². The molecule has 1 aliphatic rings. The summed E-state index contributed by atoms with van der Waals surface area (Å²) in [6, 6.07) is 19.0. The van der Waals surface area contributed by atoms with Crippen LogP contribution in [0.2, 0.25) is 0 Å². The smallest absolute Gasteiger partial charge is 0.119 e. The van der Waals surface area contributed by atoms with E-state index >= 15 is 0 Å². The molecule has 2 unspecified atom stereocenters. The monoisotopic (exact) mass is 367 g/mol. The number of hydrogen-bond donors (Lipinski definition) is 2. The van der Waals surface area contributed by atoms with Gasteiger partial charge in [-0.15, -0.1) is 0 Å². The van der Waals surface area contributed by atoms with Gasteiger partial charge in [-0.1, -0.05) is 61.7 Å². The largest absolute Gasteiger partial charge is 0.492 e. The van der Waals surface area contributed by atoms with Crippen molar-refractivity contribution in [3.05, 3.63) is 65.7 Å². The van der Waals surface area contributed by atoms with Gasteiger partial charge in [0, 0.05) is 12.6 Å². The predicted octanol–water partition coefficient (Wildman–Crippen LogP) is 4.90. The van der Waals surface area contributed by atoms with Gasteiger partial charge in [0.1, 0.15) is 12.4 Å². The van der Waals surface area contributed by atoms with Gasteiger partial charge in [0.2, 0.25) is 0 Å². The summed E-state index contributed by atoms with van der Waals surface area (Å²) in [6.45, 7) is 3.67. The molecular weight excluding hydrogens is 334 g/mol. The lowest BCUT2D eigenvalue weighted by Crippen LogP contribution is -2.31. The van der Waals surface area contributed by atoms with E-state index in [1.165, 1.54) is 24.8 Å². The molecule has 2 N–H and O–H groups in total. The Balaban J connectivity index is 1.37. The fraction of sp³-hybridized carbons (Fsp3) is 0.500. The maximum Gasteiger partial charge on any atom is 0.119 e. The summed E-state index contributed by atoms with van der Waals surface area (Å²) in [4.78, 5) is 0. The first-order valence-electron chi connectivity index (χ1n) is 10.4. The lowest BCUT2D eigenvalue weighted by Gasteiger charge is -2.26. The molecule has 0 aliphatic heterocycles. The Morgan fingerprint density at radius 1 is 1.00 bits per heavy atom. The summed E-state index contributed by atoms with van der Waals surface area (Å²) in [5.41, 5.74) is 2.37. The molecule has 146 valence electrons. The molecule has 1 aliphatic carbocycles. The lowest BCUT2D eigenvalue weighted by atomic mass is 9.83. The van der Waals surface area contributed by atoms with Crippen LogP contribution in [0.4, 0.5) is 0 Å². The van der Waals surface area contributed by atoms with Crippen LogP contribution in [0.25, 0.3) is 0 Å². The Hall–Kier alpha value is -1.84. The third-order valence-corrected chi connectivity index (χ3v) is 5.57. The van der Waals surface area contributed by atoms with Crippen molar-refractivity contribution in [3.63, 3.8) is 0 Å². The third kappa shape index (κ3) is 6.37. The predicted molar refractivity (Wildman–Crippen MR) is 111 cm³/mol. The average Bonchev–Trinajstić information content (AvgIpc) is 2.72. The number of rotatable bonds is 9. The van der Waals surface area contributed by atoms with Gasteiger partial charge in [-0.3, -0.25) is 0 Å². The van der Waals surface area contributed by atoms with Crippen molar-refractivity contribution in [2.45, 2.75) is 57.6 Å². The average molecular weight is 368 g/mol. The first-order valence-corrected chi connectivity index (χ1v) is 10.4. The molecule has 1 fully saturated rings. The standard InChI is InChI=1S/C24H33NO2/c1-19(18-20-8-4-2-5-9-20)25-16-17-27-23-14-12-22(13-15-23)24(26)21-10-6-3-7-11-21/h2,4-5,8-9,12-15,19,21,24-26H,3,6-7,10-11,16-18H2,1H3. The molecule has 0 bridgehead atoms. The molecule has 27 heavy (non-hydrogen) atoms. The molecule has 2 aromatic carbocycles. The number of ether oxygens (including phenoxy) is 1. The number of aliphatic hydroxyl groups excluding tert-OH is 1. The molecule has 3 rings (SSSR count). The van der Waals surface area contributed by atoms with E-state index in [1.807, 2.05) is 24.3 Å². The lowest BCUT2D eigenvalue weighted by molar-refractivity contribution is 0.0848. The van der Waals surface area contributed by atoms with E-state index in [1.54, 1.807) is 0 Å². The van der Waals surface area contributed by atoms with Gasteiger partial charge in [-0.2, -0.15) is 0 Å². The highest BCUT2D eigenvalue weighted by atomic mass is 16.5. The van der Waals surface area contributed by atoms with E-state index in [4.69, 9.17) is 4.74 Å². The zero-order valence-corrected chi connectivity index (χ0v) is 16.4. The highest BCUT2D eigenvalue weighted by molar-refractivity contribution is 5.29. The first kappa shape index (κ1) is 19.9. The highest BCUT2D eigenvalue weighted by Gasteiger charge is 2.22. The Kier molecular flexibility index (Phi) is 7.73. The Morgan fingerprint density at radius 3 is 2.41 bits per heavy atom. The maximum absolute atomic E-state index is 10.6. The Labute approximate surface area is 163 Å². The highest BCUT2D eigenvalue weighted by Crippen LogP contribution is 2.34. The Bertz CT molecular complexity index is 650. The van der Waals surface area contributed by atoms with Gasteiger partial charge >= 0.3 is 0 Å². The fourth-order valence-corrected chi connectivity index (χ4v) is 4.00. The van der Waals surface area contributed by atoms with Crippen LogP contribution in [-0.4, -0.2) is 24.3 Å². The van der Waals surface area contributed by atoms with Crippen LogP contribution in [0, 0.1) is 5.92 Å². The first-order chi connectivity index (χ1) is 13.2. The molecule has 0 amide bonds. The van der Waals surface area contributed by atoms with Crippen LogP contribution in [0.1, 0.15) is 56.3 Å². The van der Waals surface area contributed by atoms with Crippen LogP contribution in [0.3, 0.4) is 0 Å². The molecular formula is C24H33NO2. The second kappa shape index (κ2) is 10.5. The van der Waals surface area contributed by atoms with E-state index in [0.717, 1.165) is 37.1 Å². The van der Waals surface area contributed by atoms with Crippen LogP contribution in [0.15, 0.2) is 54.6 Å². The number of aliphatic hydroxyl groups is 1. The van der Waals surface area contributed by atoms with E-state index < -0.39 is 0 Å². The van der Waals surface area contributed by atoms with Crippen molar-refractivity contribution in [1.29, 1.82) is 0 Å². The van der Waals surface area contributed by atoms with Crippen molar-refractivity contribution >= 4 is 0 Å². The summed E-state index contributed by atoms with van der Waals surface area (Å²) in [5, 5.41) is 14.1. The second-order valence-electron chi connectivity index (χ2n) is 7.81. The van der Waals surface area contributed by atoms with Crippen molar-refractivity contribution in [2.75, 3.05) is 13.2 Å². The fourth-order valence-electron chi connectivity index (χ4n) is 4.00. The molecule has 0 radical (unpaired) electrons. The van der Waals surface area contributed by atoms with Gasteiger partial charge < -0.3 is 15.2 Å².